The Hall–Kier alpha value is -2.03. The zero-order valence-electron chi connectivity index (χ0n) is 11.5. The first-order valence-electron chi connectivity index (χ1n) is 6.98. The molecule has 0 aromatic heterocycles. The van der Waals surface area contributed by atoms with Gasteiger partial charge in [0.05, 0.1) is 6.04 Å². The third-order valence-electron chi connectivity index (χ3n) is 3.96. The van der Waals surface area contributed by atoms with E-state index in [0.717, 1.165) is 36.1 Å². The minimum absolute atomic E-state index is 0.176. The third-order valence-corrected chi connectivity index (χ3v) is 3.96. The molecule has 0 spiro atoms. The summed E-state index contributed by atoms with van der Waals surface area (Å²) in [5.41, 5.74) is 4.29. The number of hydrogen-bond acceptors (Lipinski definition) is 2. The summed E-state index contributed by atoms with van der Waals surface area (Å²) in [6.07, 6.45) is 3.19. The number of halogens is 1. The van der Waals surface area contributed by atoms with Crippen LogP contribution in [0.2, 0.25) is 0 Å². The van der Waals surface area contributed by atoms with Gasteiger partial charge < -0.3 is 10.4 Å². The first-order chi connectivity index (χ1) is 9.63. The Balaban J connectivity index is 1.91. The summed E-state index contributed by atoms with van der Waals surface area (Å²) in [6, 6.07) is 10.5. The van der Waals surface area contributed by atoms with Crippen molar-refractivity contribution in [3.05, 3.63) is 58.9 Å². The largest absolute Gasteiger partial charge is 0.508 e. The van der Waals surface area contributed by atoms with E-state index >= 15 is 0 Å². The number of aryl methyl sites for hydroxylation is 2. The molecule has 2 nitrogen and oxygen atoms in total. The molecule has 0 heterocycles. The lowest BCUT2D eigenvalue weighted by Crippen LogP contribution is -2.17. The highest BCUT2D eigenvalue weighted by molar-refractivity contribution is 5.53. The van der Waals surface area contributed by atoms with Gasteiger partial charge in [0.2, 0.25) is 0 Å². The summed E-state index contributed by atoms with van der Waals surface area (Å²) in [7, 11) is 0. The van der Waals surface area contributed by atoms with Crippen molar-refractivity contribution in [2.45, 2.75) is 32.2 Å². The number of anilines is 1. The Labute approximate surface area is 118 Å². The molecule has 1 atom stereocenters. The van der Waals surface area contributed by atoms with Crippen LogP contribution in [0.5, 0.6) is 5.75 Å². The fourth-order valence-electron chi connectivity index (χ4n) is 2.91. The lowest BCUT2D eigenvalue weighted by atomic mass is 9.87. The quantitative estimate of drug-likeness (QED) is 0.852. The predicted octanol–water partition coefficient (Wildman–Crippen LogP) is 4.33. The lowest BCUT2D eigenvalue weighted by Gasteiger charge is -2.28. The smallest absolute Gasteiger partial charge is 0.123 e. The van der Waals surface area contributed by atoms with Gasteiger partial charge in [-0.15, -0.1) is 0 Å². The van der Waals surface area contributed by atoms with Gasteiger partial charge in [0.1, 0.15) is 11.6 Å². The normalized spacial score (nSPS) is 17.6. The number of nitrogens with one attached hydrogen (secondary N) is 1. The number of phenols is 1. The van der Waals surface area contributed by atoms with Gasteiger partial charge in [-0.2, -0.15) is 0 Å². The molecule has 20 heavy (non-hydrogen) atoms. The highest BCUT2D eigenvalue weighted by Gasteiger charge is 2.21. The van der Waals surface area contributed by atoms with E-state index in [1.165, 1.54) is 17.7 Å². The van der Waals surface area contributed by atoms with E-state index in [1.54, 1.807) is 12.1 Å². The SMILES string of the molecule is Cc1cc(F)ccc1NC1CCCc2ccc(O)cc21. The van der Waals surface area contributed by atoms with Gasteiger partial charge in [-0.3, -0.25) is 0 Å². The van der Waals surface area contributed by atoms with Crippen LogP contribution in [-0.2, 0) is 6.42 Å². The van der Waals surface area contributed by atoms with Crippen LogP contribution < -0.4 is 5.32 Å². The van der Waals surface area contributed by atoms with Crippen LogP contribution in [0.15, 0.2) is 36.4 Å². The molecule has 0 radical (unpaired) electrons. The van der Waals surface area contributed by atoms with E-state index in [-0.39, 0.29) is 11.9 Å². The monoisotopic (exact) mass is 271 g/mol. The summed E-state index contributed by atoms with van der Waals surface area (Å²) >= 11 is 0. The molecular formula is C17H18FNO. The number of aromatic hydroxyl groups is 1. The maximum Gasteiger partial charge on any atom is 0.123 e. The molecule has 0 fully saturated rings. The molecule has 2 aromatic rings. The van der Waals surface area contributed by atoms with Crippen LogP contribution >= 0.6 is 0 Å². The number of hydrogen-bond donors (Lipinski definition) is 2. The second-order valence-electron chi connectivity index (χ2n) is 5.43. The maximum atomic E-state index is 13.2. The minimum Gasteiger partial charge on any atom is -0.508 e. The molecule has 0 saturated heterocycles. The van der Waals surface area contributed by atoms with Crippen LogP contribution in [0.25, 0.3) is 0 Å². The van der Waals surface area contributed by atoms with Crippen molar-refractivity contribution >= 4 is 5.69 Å². The van der Waals surface area contributed by atoms with Crippen LogP contribution in [0.4, 0.5) is 10.1 Å². The number of fused-ring (bicyclic) bond motifs is 1. The molecule has 0 amide bonds. The van der Waals surface area contributed by atoms with E-state index in [9.17, 15) is 9.50 Å². The molecule has 3 rings (SSSR count). The topological polar surface area (TPSA) is 32.3 Å². The summed E-state index contributed by atoms with van der Waals surface area (Å²) in [5.74, 6) is 0.0861. The second kappa shape index (κ2) is 5.16. The highest BCUT2D eigenvalue weighted by Crippen LogP contribution is 2.35. The van der Waals surface area contributed by atoms with Crippen molar-refractivity contribution in [3.8, 4) is 5.75 Å². The Bertz CT molecular complexity index is 639. The van der Waals surface area contributed by atoms with E-state index in [4.69, 9.17) is 0 Å². The van der Waals surface area contributed by atoms with Crippen LogP contribution in [0.1, 0.15) is 35.6 Å². The zero-order chi connectivity index (χ0) is 14.1. The average Bonchev–Trinajstić information content (AvgIpc) is 2.42. The summed E-state index contributed by atoms with van der Waals surface area (Å²) in [5, 5.41) is 13.2. The van der Waals surface area contributed by atoms with Crippen molar-refractivity contribution in [3.63, 3.8) is 0 Å². The van der Waals surface area contributed by atoms with E-state index in [1.807, 2.05) is 19.1 Å². The van der Waals surface area contributed by atoms with Gasteiger partial charge in [-0.05, 0) is 73.2 Å². The summed E-state index contributed by atoms with van der Waals surface area (Å²) in [4.78, 5) is 0. The average molecular weight is 271 g/mol. The zero-order valence-corrected chi connectivity index (χ0v) is 11.5. The van der Waals surface area contributed by atoms with Crippen molar-refractivity contribution < 1.29 is 9.50 Å². The van der Waals surface area contributed by atoms with Gasteiger partial charge >= 0.3 is 0 Å². The van der Waals surface area contributed by atoms with Gasteiger partial charge in [0.15, 0.2) is 0 Å². The van der Waals surface area contributed by atoms with Crippen molar-refractivity contribution in [2.75, 3.05) is 5.32 Å². The summed E-state index contributed by atoms with van der Waals surface area (Å²) in [6.45, 7) is 1.90. The lowest BCUT2D eigenvalue weighted by molar-refractivity contribution is 0.471. The van der Waals surface area contributed by atoms with Crippen LogP contribution in [0, 0.1) is 12.7 Å². The molecule has 0 aliphatic heterocycles. The fraction of sp³-hybridized carbons (Fsp3) is 0.294. The van der Waals surface area contributed by atoms with Gasteiger partial charge in [0.25, 0.3) is 0 Å². The Morgan fingerprint density at radius 3 is 2.85 bits per heavy atom. The predicted molar refractivity (Wildman–Crippen MR) is 78.5 cm³/mol. The van der Waals surface area contributed by atoms with Gasteiger partial charge in [-0.25, -0.2) is 4.39 Å². The van der Waals surface area contributed by atoms with Gasteiger partial charge in [0, 0.05) is 5.69 Å². The molecular weight excluding hydrogens is 253 g/mol. The van der Waals surface area contributed by atoms with Crippen molar-refractivity contribution in [2.24, 2.45) is 0 Å². The molecule has 1 aliphatic rings. The Kier molecular flexibility index (Phi) is 3.35. The van der Waals surface area contributed by atoms with Crippen LogP contribution in [0.3, 0.4) is 0 Å². The third kappa shape index (κ3) is 2.48. The standard InChI is InChI=1S/C17H18FNO/c1-11-9-13(18)6-8-16(11)19-17-4-2-3-12-5-7-14(20)10-15(12)17/h5-10,17,19-20H,2-4H2,1H3. The van der Waals surface area contributed by atoms with E-state index < -0.39 is 0 Å². The molecule has 2 aromatic carbocycles. The first-order valence-corrected chi connectivity index (χ1v) is 6.98. The molecule has 3 heteroatoms. The van der Waals surface area contributed by atoms with Crippen molar-refractivity contribution in [1.82, 2.24) is 0 Å². The molecule has 104 valence electrons. The van der Waals surface area contributed by atoms with E-state index in [2.05, 4.69) is 5.32 Å². The number of phenolic OH excluding ortho intramolecular Hbond substituents is 1. The fourth-order valence-corrected chi connectivity index (χ4v) is 2.91. The second-order valence-corrected chi connectivity index (χ2v) is 5.43. The van der Waals surface area contributed by atoms with Gasteiger partial charge in [-0.1, -0.05) is 6.07 Å². The van der Waals surface area contributed by atoms with E-state index in [0.29, 0.717) is 5.75 Å². The first kappa shape index (κ1) is 13.0. The maximum absolute atomic E-state index is 13.2. The molecule has 1 aliphatic carbocycles. The Morgan fingerprint density at radius 1 is 1.20 bits per heavy atom. The molecule has 0 bridgehead atoms. The molecule has 0 saturated carbocycles. The van der Waals surface area contributed by atoms with Crippen LogP contribution in [-0.4, -0.2) is 5.11 Å². The minimum atomic E-state index is -0.213. The number of benzene rings is 2. The molecule has 1 unspecified atom stereocenters. The Morgan fingerprint density at radius 2 is 2.05 bits per heavy atom. The number of rotatable bonds is 2. The summed E-state index contributed by atoms with van der Waals surface area (Å²) < 4.78 is 13.2. The molecule has 2 N–H and O–H groups in total. The highest BCUT2D eigenvalue weighted by atomic mass is 19.1. The van der Waals surface area contributed by atoms with Crippen molar-refractivity contribution in [1.29, 1.82) is 0 Å².